The zero-order chi connectivity index (χ0) is 33.8. The summed E-state index contributed by atoms with van der Waals surface area (Å²) in [6.45, 7) is 0. The fourth-order valence-electron chi connectivity index (χ4n) is 7.53. The van der Waals surface area contributed by atoms with Gasteiger partial charge < -0.3 is 9.13 Å². The molecule has 0 spiro atoms. The molecule has 0 aliphatic carbocycles. The number of hydrogen-bond acceptors (Lipinski definition) is 3. The fraction of sp³-hybridized carbons (Fsp3) is 0. The zero-order valence-electron chi connectivity index (χ0n) is 26.7. The topological polar surface area (TPSA) is 81.2 Å². The highest BCUT2D eigenvalue weighted by molar-refractivity contribution is 6.11. The molecule has 2 aromatic heterocycles. The van der Waals surface area contributed by atoms with Gasteiger partial charge in [-0.1, -0.05) is 97.1 Å². The van der Waals surface area contributed by atoms with E-state index in [9.17, 15) is 15.8 Å². The molecule has 5 nitrogen and oxygen atoms in total. The summed E-state index contributed by atoms with van der Waals surface area (Å²) in [5, 5.41) is 35.3. The first-order chi connectivity index (χ1) is 24.7. The van der Waals surface area contributed by atoms with Crippen molar-refractivity contribution in [2.75, 3.05) is 0 Å². The van der Waals surface area contributed by atoms with Crippen LogP contribution in [0, 0.1) is 34.0 Å². The maximum absolute atomic E-state index is 10.8. The molecule has 50 heavy (non-hydrogen) atoms. The van der Waals surface area contributed by atoms with Crippen molar-refractivity contribution in [3.63, 3.8) is 0 Å². The molecule has 0 radical (unpaired) electrons. The number of rotatable bonds is 4. The third-order valence-electron chi connectivity index (χ3n) is 9.64. The second-order valence-corrected chi connectivity index (χ2v) is 12.3. The summed E-state index contributed by atoms with van der Waals surface area (Å²) in [4.78, 5) is 0. The van der Waals surface area contributed by atoms with Crippen molar-refractivity contribution in [2.45, 2.75) is 0 Å². The van der Waals surface area contributed by atoms with Crippen molar-refractivity contribution in [1.29, 1.82) is 15.8 Å². The van der Waals surface area contributed by atoms with Crippen LogP contribution in [-0.2, 0) is 0 Å². The average Bonchev–Trinajstić information content (AvgIpc) is 3.69. The predicted octanol–water partition coefficient (Wildman–Crippen LogP) is 10.8. The van der Waals surface area contributed by atoms with E-state index in [4.69, 9.17) is 0 Å². The molecule has 0 fully saturated rings. The van der Waals surface area contributed by atoms with Crippen LogP contribution in [-0.4, -0.2) is 9.13 Å². The third-order valence-corrected chi connectivity index (χ3v) is 9.64. The first-order valence-electron chi connectivity index (χ1n) is 16.3. The van der Waals surface area contributed by atoms with Gasteiger partial charge in [0.2, 0.25) is 0 Å². The summed E-state index contributed by atoms with van der Waals surface area (Å²) >= 11 is 0. The SMILES string of the molecule is N#Cc1ccc2c(c1)c1ccccc1n2-c1c(C#N)cccc1-c1cccc(-c2cccc(-n3c4ccccc4c4ccccc43)c2)c1C#N. The van der Waals surface area contributed by atoms with Gasteiger partial charge in [-0.05, 0) is 60.2 Å². The molecule has 0 atom stereocenters. The minimum atomic E-state index is 0.483. The molecule has 7 aromatic carbocycles. The van der Waals surface area contributed by atoms with Gasteiger partial charge in [-0.15, -0.1) is 0 Å². The van der Waals surface area contributed by atoms with Crippen molar-refractivity contribution in [3.05, 3.63) is 168 Å². The number of benzene rings is 7. The molecule has 0 amide bonds. The molecular formula is C45H25N5. The van der Waals surface area contributed by atoms with E-state index < -0.39 is 0 Å². The van der Waals surface area contributed by atoms with Gasteiger partial charge in [0.15, 0.2) is 0 Å². The molecular weight excluding hydrogens is 611 g/mol. The van der Waals surface area contributed by atoms with Gasteiger partial charge in [0.1, 0.15) is 12.1 Å². The normalized spacial score (nSPS) is 11.1. The van der Waals surface area contributed by atoms with Crippen LogP contribution in [0.3, 0.4) is 0 Å². The Morgan fingerprint density at radius 2 is 0.980 bits per heavy atom. The van der Waals surface area contributed by atoms with Crippen molar-refractivity contribution >= 4 is 43.6 Å². The van der Waals surface area contributed by atoms with Crippen LogP contribution in [0.15, 0.2) is 152 Å². The molecule has 9 rings (SSSR count). The summed E-state index contributed by atoms with van der Waals surface area (Å²) in [6, 6.07) is 57.7. The first kappa shape index (κ1) is 28.8. The Hall–Kier alpha value is -7.39. The van der Waals surface area contributed by atoms with Crippen LogP contribution in [0.4, 0.5) is 0 Å². The summed E-state index contributed by atoms with van der Waals surface area (Å²) in [6.07, 6.45) is 0. The van der Waals surface area contributed by atoms with Gasteiger partial charge in [0, 0.05) is 43.9 Å². The molecule has 0 aliphatic rings. The van der Waals surface area contributed by atoms with E-state index in [0.717, 1.165) is 60.8 Å². The lowest BCUT2D eigenvalue weighted by Gasteiger charge is -2.18. The number of nitriles is 3. The Morgan fingerprint density at radius 3 is 1.66 bits per heavy atom. The smallest absolute Gasteiger partial charge is 0.101 e. The van der Waals surface area contributed by atoms with E-state index in [2.05, 4.69) is 88.0 Å². The van der Waals surface area contributed by atoms with Gasteiger partial charge >= 0.3 is 0 Å². The molecule has 9 aromatic rings. The number of aromatic nitrogens is 2. The zero-order valence-corrected chi connectivity index (χ0v) is 26.7. The molecule has 0 saturated carbocycles. The van der Waals surface area contributed by atoms with E-state index >= 15 is 0 Å². The first-order valence-corrected chi connectivity index (χ1v) is 16.3. The molecule has 0 saturated heterocycles. The van der Waals surface area contributed by atoms with Gasteiger partial charge in [-0.3, -0.25) is 0 Å². The molecule has 0 N–H and O–H groups in total. The quantitative estimate of drug-likeness (QED) is 0.193. The van der Waals surface area contributed by atoms with Crippen LogP contribution in [0.25, 0.3) is 77.2 Å². The van der Waals surface area contributed by atoms with E-state index in [1.54, 1.807) is 6.07 Å². The maximum atomic E-state index is 10.8. The van der Waals surface area contributed by atoms with Gasteiger partial charge in [0.25, 0.3) is 0 Å². The molecule has 5 heteroatoms. The maximum Gasteiger partial charge on any atom is 0.101 e. The van der Waals surface area contributed by atoms with E-state index in [1.165, 1.54) is 10.8 Å². The fourth-order valence-corrected chi connectivity index (χ4v) is 7.53. The highest BCUT2D eigenvalue weighted by atomic mass is 15.0. The Bertz CT molecular complexity index is 2920. The number of fused-ring (bicyclic) bond motifs is 6. The number of hydrogen-bond donors (Lipinski definition) is 0. The highest BCUT2D eigenvalue weighted by Crippen LogP contribution is 2.41. The Kier molecular flexibility index (Phi) is 6.56. The number of nitrogens with zero attached hydrogens (tertiary/aromatic N) is 5. The summed E-state index contributed by atoms with van der Waals surface area (Å²) in [5.74, 6) is 0. The lowest BCUT2D eigenvalue weighted by molar-refractivity contribution is 1.17. The van der Waals surface area contributed by atoms with Crippen molar-refractivity contribution in [3.8, 4) is 51.8 Å². The molecule has 0 aliphatic heterocycles. The van der Waals surface area contributed by atoms with Crippen LogP contribution in [0.1, 0.15) is 16.7 Å². The summed E-state index contributed by atoms with van der Waals surface area (Å²) in [5.41, 5.74) is 10.5. The Morgan fingerprint density at radius 1 is 0.400 bits per heavy atom. The van der Waals surface area contributed by atoms with Crippen LogP contribution >= 0.6 is 0 Å². The summed E-state index contributed by atoms with van der Waals surface area (Å²) in [7, 11) is 0. The van der Waals surface area contributed by atoms with Crippen molar-refractivity contribution in [1.82, 2.24) is 9.13 Å². The third kappa shape index (κ3) is 4.24. The van der Waals surface area contributed by atoms with Crippen LogP contribution in [0.5, 0.6) is 0 Å². The lowest BCUT2D eigenvalue weighted by atomic mass is 9.90. The monoisotopic (exact) mass is 635 g/mol. The van der Waals surface area contributed by atoms with Gasteiger partial charge in [-0.2, -0.15) is 15.8 Å². The van der Waals surface area contributed by atoms with Crippen molar-refractivity contribution < 1.29 is 0 Å². The lowest BCUT2D eigenvalue weighted by Crippen LogP contribution is -2.02. The van der Waals surface area contributed by atoms with Gasteiger partial charge in [-0.25, -0.2) is 0 Å². The second-order valence-electron chi connectivity index (χ2n) is 12.3. The van der Waals surface area contributed by atoms with E-state index in [1.807, 2.05) is 84.9 Å². The largest absolute Gasteiger partial charge is 0.309 e. The highest BCUT2D eigenvalue weighted by Gasteiger charge is 2.22. The molecule has 0 unspecified atom stereocenters. The minimum absolute atomic E-state index is 0.483. The van der Waals surface area contributed by atoms with E-state index in [-0.39, 0.29) is 0 Å². The second kappa shape index (κ2) is 11.4. The van der Waals surface area contributed by atoms with Crippen molar-refractivity contribution in [2.24, 2.45) is 0 Å². The average molecular weight is 636 g/mol. The minimum Gasteiger partial charge on any atom is -0.309 e. The van der Waals surface area contributed by atoms with Crippen LogP contribution in [0.2, 0.25) is 0 Å². The van der Waals surface area contributed by atoms with Crippen LogP contribution < -0.4 is 0 Å². The van der Waals surface area contributed by atoms with Gasteiger partial charge in [0.05, 0.1) is 50.5 Å². The molecule has 0 bridgehead atoms. The number of para-hydroxylation sites is 4. The predicted molar refractivity (Wildman–Crippen MR) is 200 cm³/mol. The molecule has 2 heterocycles. The Labute approximate surface area is 287 Å². The molecule has 230 valence electrons. The summed E-state index contributed by atoms with van der Waals surface area (Å²) < 4.78 is 4.37. The Balaban J connectivity index is 1.28. The van der Waals surface area contributed by atoms with E-state index in [0.29, 0.717) is 22.4 Å². The standard InChI is InChI=1S/C45H25N5/c46-26-29-22-23-44-39(24-29)37-15-3-6-21-43(37)50(44)45-31(27-47)11-8-18-38(45)34-17-9-16-33(40(34)28-48)30-10-7-12-32(25-30)49-41-19-4-1-13-35(41)36-14-2-5-20-42(36)49/h1-25H.